The van der Waals surface area contributed by atoms with Gasteiger partial charge in [-0.15, -0.1) is 11.3 Å². The Bertz CT molecular complexity index is 639. The summed E-state index contributed by atoms with van der Waals surface area (Å²) in [6, 6.07) is 6.45. The molecule has 1 atom stereocenters. The molecule has 108 valence electrons. The van der Waals surface area contributed by atoms with E-state index in [1.807, 2.05) is 12.1 Å². The number of hydrogen-bond acceptors (Lipinski definition) is 4. The summed E-state index contributed by atoms with van der Waals surface area (Å²) in [5.41, 5.74) is 2.55. The smallest absolute Gasteiger partial charge is 0.324 e. The number of imide groups is 1. The number of nitrogens with zero attached hydrogens (tertiary/aromatic N) is 2. The zero-order chi connectivity index (χ0) is 14.8. The maximum Gasteiger partial charge on any atom is 0.324 e. The summed E-state index contributed by atoms with van der Waals surface area (Å²) in [7, 11) is 0. The lowest BCUT2D eigenvalue weighted by molar-refractivity contribution is -0.130. The van der Waals surface area contributed by atoms with Crippen LogP contribution in [0, 0.1) is 0 Å². The highest BCUT2D eigenvalue weighted by Crippen LogP contribution is 2.25. The number of aromatic nitrogens is 1. The van der Waals surface area contributed by atoms with Crippen LogP contribution in [-0.2, 0) is 11.3 Å². The van der Waals surface area contributed by atoms with Crippen molar-refractivity contribution in [3.8, 4) is 0 Å². The molecule has 1 aliphatic heterocycles. The van der Waals surface area contributed by atoms with Crippen LogP contribution in [0.4, 0.5) is 4.79 Å². The van der Waals surface area contributed by atoms with E-state index in [4.69, 9.17) is 11.6 Å². The molecule has 0 radical (unpaired) electrons. The fourth-order valence-corrected chi connectivity index (χ4v) is 2.92. The summed E-state index contributed by atoms with van der Waals surface area (Å²) in [4.78, 5) is 30.4. The van der Waals surface area contributed by atoms with Gasteiger partial charge in [0.05, 0.1) is 24.5 Å². The lowest BCUT2D eigenvalue weighted by atomic mass is 10.0. The van der Waals surface area contributed by atoms with Gasteiger partial charge >= 0.3 is 6.03 Å². The van der Waals surface area contributed by atoms with Gasteiger partial charge in [-0.1, -0.05) is 23.7 Å². The van der Waals surface area contributed by atoms with Gasteiger partial charge in [-0.25, -0.2) is 4.79 Å². The van der Waals surface area contributed by atoms with Gasteiger partial charge < -0.3 is 5.32 Å². The van der Waals surface area contributed by atoms with Gasteiger partial charge in [0.15, 0.2) is 0 Å². The Morgan fingerprint density at radius 2 is 2.10 bits per heavy atom. The molecule has 1 saturated heterocycles. The number of carbonyl (C=O) groups excluding carboxylic acids is 2. The average Bonchev–Trinajstić information content (AvgIpc) is 2.96. The fourth-order valence-electron chi connectivity index (χ4n) is 2.21. The molecule has 0 spiro atoms. The minimum Gasteiger partial charge on any atom is -0.330 e. The van der Waals surface area contributed by atoms with Crippen LogP contribution in [0.3, 0.4) is 0 Å². The molecule has 1 aromatic carbocycles. The molecule has 2 heterocycles. The third-order valence-corrected chi connectivity index (χ3v) is 4.31. The van der Waals surface area contributed by atoms with E-state index >= 15 is 0 Å². The Balaban J connectivity index is 1.73. The van der Waals surface area contributed by atoms with Gasteiger partial charge in [0.25, 0.3) is 0 Å². The van der Waals surface area contributed by atoms with Crippen molar-refractivity contribution < 1.29 is 9.59 Å². The monoisotopic (exact) mass is 321 g/mol. The number of nitrogens with one attached hydrogen (secondary N) is 1. The lowest BCUT2D eigenvalue weighted by Crippen LogP contribution is -2.50. The first-order chi connectivity index (χ1) is 10.1. The number of benzene rings is 1. The predicted octanol–water partition coefficient (Wildman–Crippen LogP) is 2.98. The molecule has 21 heavy (non-hydrogen) atoms. The molecule has 3 rings (SSSR count). The van der Waals surface area contributed by atoms with Crippen LogP contribution in [0.5, 0.6) is 0 Å². The van der Waals surface area contributed by atoms with Gasteiger partial charge in [-0.05, 0) is 17.7 Å². The van der Waals surface area contributed by atoms with Crippen molar-refractivity contribution in [1.29, 1.82) is 0 Å². The Morgan fingerprint density at radius 1 is 1.33 bits per heavy atom. The quantitative estimate of drug-likeness (QED) is 0.945. The molecule has 0 bridgehead atoms. The van der Waals surface area contributed by atoms with Gasteiger partial charge in [-0.3, -0.25) is 14.7 Å². The van der Waals surface area contributed by atoms with Crippen LogP contribution in [-0.4, -0.2) is 21.8 Å². The molecule has 0 aliphatic carbocycles. The van der Waals surface area contributed by atoms with Crippen LogP contribution < -0.4 is 5.32 Å². The predicted molar refractivity (Wildman–Crippen MR) is 80.0 cm³/mol. The number of hydrogen-bond donors (Lipinski definition) is 1. The molecule has 7 heteroatoms. The Morgan fingerprint density at radius 3 is 2.71 bits per heavy atom. The number of rotatable bonds is 3. The Hall–Kier alpha value is -1.92. The highest BCUT2D eigenvalue weighted by Gasteiger charge is 2.32. The van der Waals surface area contributed by atoms with Gasteiger partial charge in [0.2, 0.25) is 5.91 Å². The second-order valence-electron chi connectivity index (χ2n) is 4.71. The largest absolute Gasteiger partial charge is 0.330 e. The molecule has 0 saturated carbocycles. The molecule has 1 aliphatic rings. The zero-order valence-corrected chi connectivity index (χ0v) is 12.5. The molecular weight excluding hydrogens is 310 g/mol. The summed E-state index contributed by atoms with van der Waals surface area (Å²) in [6.45, 7) is 0.267. The Labute approximate surface area is 130 Å². The number of amides is 3. The van der Waals surface area contributed by atoms with E-state index in [1.165, 1.54) is 16.2 Å². The summed E-state index contributed by atoms with van der Waals surface area (Å²) >= 11 is 7.26. The van der Waals surface area contributed by atoms with E-state index in [9.17, 15) is 9.59 Å². The molecule has 1 aromatic heterocycles. The van der Waals surface area contributed by atoms with Crippen molar-refractivity contribution in [2.75, 3.05) is 0 Å². The van der Waals surface area contributed by atoms with Crippen molar-refractivity contribution in [2.24, 2.45) is 0 Å². The molecule has 3 amide bonds. The number of halogens is 1. The van der Waals surface area contributed by atoms with Crippen molar-refractivity contribution in [3.05, 3.63) is 51.4 Å². The zero-order valence-electron chi connectivity index (χ0n) is 11.0. The second-order valence-corrected chi connectivity index (χ2v) is 6.11. The first kappa shape index (κ1) is 14.0. The van der Waals surface area contributed by atoms with Crippen molar-refractivity contribution >= 4 is 34.9 Å². The molecule has 2 aromatic rings. The fraction of sp³-hybridized carbons (Fsp3) is 0.214. The lowest BCUT2D eigenvalue weighted by Gasteiger charge is -2.31. The summed E-state index contributed by atoms with van der Waals surface area (Å²) < 4.78 is 0. The van der Waals surface area contributed by atoms with E-state index in [0.717, 1.165) is 10.4 Å². The highest BCUT2D eigenvalue weighted by atomic mass is 35.5. The molecular formula is C14H12ClN3O2S. The van der Waals surface area contributed by atoms with Crippen LogP contribution >= 0.6 is 22.9 Å². The first-order valence-corrected chi connectivity index (χ1v) is 7.63. The first-order valence-electron chi connectivity index (χ1n) is 6.37. The highest BCUT2D eigenvalue weighted by molar-refractivity contribution is 7.09. The van der Waals surface area contributed by atoms with E-state index in [-0.39, 0.29) is 30.9 Å². The number of carbonyl (C=O) groups is 2. The summed E-state index contributed by atoms with van der Waals surface area (Å²) in [5.74, 6) is -0.188. The normalized spacial score (nSPS) is 18.7. The minimum atomic E-state index is -0.375. The summed E-state index contributed by atoms with van der Waals surface area (Å²) in [5, 5.41) is 3.48. The standard InChI is InChI=1S/C14H12ClN3O2S/c15-10-3-1-9(2-4-10)12-5-13(19)18(14(20)17-12)7-11-6-16-8-21-11/h1-4,6,8,12H,5,7H2,(H,17,20)/t12-/m0/s1. The van der Waals surface area contributed by atoms with E-state index in [0.29, 0.717) is 5.02 Å². The van der Waals surface area contributed by atoms with E-state index < -0.39 is 0 Å². The maximum absolute atomic E-state index is 12.2. The average molecular weight is 322 g/mol. The second kappa shape index (κ2) is 5.83. The van der Waals surface area contributed by atoms with Gasteiger partial charge in [0, 0.05) is 16.1 Å². The van der Waals surface area contributed by atoms with Gasteiger partial charge in [0.1, 0.15) is 0 Å². The van der Waals surface area contributed by atoms with Crippen LogP contribution in [0.1, 0.15) is 22.9 Å². The molecule has 1 N–H and O–H groups in total. The van der Waals surface area contributed by atoms with Crippen LogP contribution in [0.15, 0.2) is 36.0 Å². The van der Waals surface area contributed by atoms with Crippen LogP contribution in [0.2, 0.25) is 5.02 Å². The molecule has 1 fully saturated rings. The maximum atomic E-state index is 12.2. The van der Waals surface area contributed by atoms with Crippen LogP contribution in [0.25, 0.3) is 0 Å². The molecule has 5 nitrogen and oxygen atoms in total. The van der Waals surface area contributed by atoms with Crippen molar-refractivity contribution in [3.63, 3.8) is 0 Å². The number of urea groups is 1. The third kappa shape index (κ3) is 3.06. The summed E-state index contributed by atoms with van der Waals surface area (Å²) in [6.07, 6.45) is 1.91. The topological polar surface area (TPSA) is 62.3 Å². The SMILES string of the molecule is O=C1C[C@@H](c2ccc(Cl)cc2)NC(=O)N1Cc1cncs1. The van der Waals surface area contributed by atoms with Crippen molar-refractivity contribution in [2.45, 2.75) is 19.0 Å². The van der Waals surface area contributed by atoms with Gasteiger partial charge in [-0.2, -0.15) is 0 Å². The number of thiazole rings is 1. The minimum absolute atomic E-state index is 0.188. The van der Waals surface area contributed by atoms with E-state index in [2.05, 4.69) is 10.3 Å². The van der Waals surface area contributed by atoms with Crippen molar-refractivity contribution in [1.82, 2.24) is 15.2 Å². The third-order valence-electron chi connectivity index (χ3n) is 3.29. The Kier molecular flexibility index (Phi) is 3.90. The van der Waals surface area contributed by atoms with E-state index in [1.54, 1.807) is 23.8 Å². The molecule has 0 unspecified atom stereocenters.